The lowest BCUT2D eigenvalue weighted by molar-refractivity contribution is -0.153. The van der Waals surface area contributed by atoms with Gasteiger partial charge in [0.25, 0.3) is 5.91 Å². The number of carbonyl (C=O) groups is 4. The summed E-state index contributed by atoms with van der Waals surface area (Å²) in [7, 11) is 1.81. The van der Waals surface area contributed by atoms with Gasteiger partial charge in [-0.25, -0.2) is 0 Å². The second-order valence-corrected chi connectivity index (χ2v) is 11.6. The van der Waals surface area contributed by atoms with E-state index in [1.165, 1.54) is 25.1 Å². The number of nitrogens with two attached hydrogens (primary N) is 1. The number of phenols is 1. The molecule has 0 saturated heterocycles. The van der Waals surface area contributed by atoms with Crippen LogP contribution in [0.1, 0.15) is 17.5 Å². The number of phenolic OH excluding ortho intramolecular Hbond substituents is 1. The predicted octanol–water partition coefficient (Wildman–Crippen LogP) is -1.19. The van der Waals surface area contributed by atoms with Crippen LogP contribution in [0.3, 0.4) is 0 Å². The summed E-state index contributed by atoms with van der Waals surface area (Å²) < 4.78 is 31.6. The number of anilines is 1. The van der Waals surface area contributed by atoms with E-state index in [4.69, 9.17) is 23.3 Å². The summed E-state index contributed by atoms with van der Waals surface area (Å²) in [5.74, 6) is -7.61. The molecule has 1 aromatic rings. The van der Waals surface area contributed by atoms with Gasteiger partial charge in [0.1, 0.15) is 22.8 Å². The maximum absolute atomic E-state index is 13.8. The van der Waals surface area contributed by atoms with Crippen LogP contribution in [-0.4, -0.2) is 118 Å². The Balaban J connectivity index is 0.000000892. The van der Waals surface area contributed by atoms with Gasteiger partial charge in [0.2, 0.25) is 11.7 Å². The van der Waals surface area contributed by atoms with Crippen LogP contribution in [0, 0.1) is 11.8 Å². The number of primary amides is 1. The fraction of sp³-hybridized carbons (Fsp3) is 0.440. The number of likely N-dealkylation sites (N-methyl/N-ethyl adjacent to an activating group) is 2. The number of fused-ring (bicyclic) bond motifs is 3. The van der Waals surface area contributed by atoms with Gasteiger partial charge in [0.15, 0.2) is 11.4 Å². The van der Waals surface area contributed by atoms with Gasteiger partial charge in [-0.2, -0.15) is 8.42 Å². The second-order valence-electron chi connectivity index (χ2n) is 10.7. The van der Waals surface area contributed by atoms with E-state index in [9.17, 15) is 39.6 Å². The van der Waals surface area contributed by atoms with Crippen LogP contribution < -0.4 is 11.1 Å². The van der Waals surface area contributed by atoms with Crippen LogP contribution in [0.15, 0.2) is 29.0 Å². The van der Waals surface area contributed by atoms with Crippen molar-refractivity contribution >= 4 is 45.2 Å². The molecule has 0 bridgehead atoms. The minimum Gasteiger partial charge on any atom is -0.508 e. The molecule has 0 aliphatic heterocycles. The van der Waals surface area contributed by atoms with Gasteiger partial charge in [-0.1, -0.05) is 6.07 Å². The largest absolute Gasteiger partial charge is 0.508 e. The number of amides is 2. The predicted molar refractivity (Wildman–Crippen MR) is 146 cm³/mol. The number of Topliss-reactive ketones (excluding diaryl/α,β-unsaturated/α-hetero) is 2. The number of carbonyl (C=O) groups excluding carboxylic acids is 4. The van der Waals surface area contributed by atoms with Crippen molar-refractivity contribution in [3.05, 3.63) is 40.2 Å². The molecule has 3 aliphatic rings. The van der Waals surface area contributed by atoms with Crippen molar-refractivity contribution in [2.75, 3.05) is 40.1 Å². The summed E-state index contributed by atoms with van der Waals surface area (Å²) in [6.07, 6.45) is 0.182. The molecule has 0 heterocycles. The number of hydrogen-bond donors (Lipinski definition) is 8. The van der Waals surface area contributed by atoms with Crippen LogP contribution in [0.2, 0.25) is 0 Å². The molecule has 42 heavy (non-hydrogen) atoms. The molecule has 16 nitrogen and oxygen atoms in total. The molecule has 0 aromatic heterocycles. The molecule has 4 rings (SSSR count). The fourth-order valence-corrected chi connectivity index (χ4v) is 5.80. The summed E-state index contributed by atoms with van der Waals surface area (Å²) in [6, 6.07) is 1.96. The van der Waals surface area contributed by atoms with E-state index in [1.807, 2.05) is 0 Å². The highest BCUT2D eigenvalue weighted by atomic mass is 32.3. The van der Waals surface area contributed by atoms with Crippen molar-refractivity contribution in [2.24, 2.45) is 17.6 Å². The third-order valence-corrected chi connectivity index (χ3v) is 7.33. The molecular weight excluding hydrogens is 580 g/mol. The lowest BCUT2D eigenvalue weighted by Crippen LogP contribution is -2.65. The van der Waals surface area contributed by atoms with Crippen molar-refractivity contribution in [2.45, 2.75) is 24.5 Å². The lowest BCUT2D eigenvalue weighted by atomic mass is 9.57. The van der Waals surface area contributed by atoms with Crippen LogP contribution in [0.25, 0.3) is 5.76 Å². The van der Waals surface area contributed by atoms with E-state index in [0.717, 1.165) is 0 Å². The van der Waals surface area contributed by atoms with Crippen molar-refractivity contribution in [1.29, 1.82) is 0 Å². The van der Waals surface area contributed by atoms with E-state index in [-0.39, 0.29) is 36.2 Å². The number of ketones is 2. The summed E-state index contributed by atoms with van der Waals surface area (Å²) in [5.41, 5.74) is 1.93. The molecule has 0 radical (unpaired) electrons. The van der Waals surface area contributed by atoms with Crippen LogP contribution in [0.5, 0.6) is 5.75 Å². The monoisotopic (exact) mass is 612 g/mol. The van der Waals surface area contributed by atoms with E-state index in [0.29, 0.717) is 5.56 Å². The number of aliphatic hydroxyl groups excluding tert-OH is 2. The second kappa shape index (κ2) is 11.4. The first-order valence-corrected chi connectivity index (χ1v) is 13.8. The quantitative estimate of drug-likeness (QED) is 0.110. The minimum atomic E-state index is -4.67. The van der Waals surface area contributed by atoms with Crippen LogP contribution in [0.4, 0.5) is 5.69 Å². The normalized spacial score (nSPS) is 25.4. The Morgan fingerprint density at radius 3 is 2.17 bits per heavy atom. The standard InChI is InChI=1S/C25H30N4O8.H2O4S/c1-28(2)9-14(30)27-13-6-5-10-7-11-8-12-18(29(3)4)21(33)17(24(26)36)23(35)25(12,37)22(34)16(11)20(32)15(10)19(13)31;1-5(2,3)4/h5-6,11-12,18,31-32,35,37H,7-9H2,1-4H3,(H2,26,36)(H,27,30);(H2,1,2,3,4)/t11?,12?,18-,25?;/m0./s1. The number of nitrogens with zero attached hydrogens (tertiary/aromatic N) is 2. The molecule has 17 heteroatoms. The number of aromatic hydroxyl groups is 1. The molecule has 3 aliphatic carbocycles. The number of aliphatic hydroxyl groups is 3. The molecule has 1 aromatic carbocycles. The van der Waals surface area contributed by atoms with Crippen LogP contribution in [-0.2, 0) is 36.0 Å². The summed E-state index contributed by atoms with van der Waals surface area (Å²) >= 11 is 0. The highest BCUT2D eigenvalue weighted by molar-refractivity contribution is 7.79. The van der Waals surface area contributed by atoms with Crippen molar-refractivity contribution in [3.63, 3.8) is 0 Å². The molecule has 9 N–H and O–H groups in total. The van der Waals surface area contributed by atoms with Gasteiger partial charge >= 0.3 is 10.4 Å². The lowest BCUT2D eigenvalue weighted by Gasteiger charge is -2.50. The van der Waals surface area contributed by atoms with Gasteiger partial charge in [-0.15, -0.1) is 0 Å². The van der Waals surface area contributed by atoms with E-state index in [2.05, 4.69) is 5.32 Å². The molecule has 2 amide bonds. The van der Waals surface area contributed by atoms with Crippen molar-refractivity contribution < 1.29 is 57.1 Å². The van der Waals surface area contributed by atoms with Gasteiger partial charge in [0, 0.05) is 11.5 Å². The third kappa shape index (κ3) is 5.87. The average molecular weight is 613 g/mol. The molecule has 0 spiro atoms. The smallest absolute Gasteiger partial charge is 0.394 e. The zero-order valence-electron chi connectivity index (χ0n) is 23.0. The van der Waals surface area contributed by atoms with Gasteiger partial charge in [-0.05, 0) is 58.6 Å². The first kappa shape index (κ1) is 32.6. The Bertz CT molecular complexity index is 1520. The zero-order valence-corrected chi connectivity index (χ0v) is 23.8. The van der Waals surface area contributed by atoms with E-state index >= 15 is 0 Å². The molecular formula is C25H32N4O12S. The van der Waals surface area contributed by atoms with Crippen molar-refractivity contribution in [3.8, 4) is 5.75 Å². The maximum atomic E-state index is 13.8. The topological polar surface area (TPSA) is 268 Å². The van der Waals surface area contributed by atoms with Crippen molar-refractivity contribution in [1.82, 2.24) is 9.80 Å². The molecule has 230 valence electrons. The summed E-state index contributed by atoms with van der Waals surface area (Å²) in [4.78, 5) is 54.2. The Morgan fingerprint density at radius 2 is 1.67 bits per heavy atom. The highest BCUT2D eigenvalue weighted by Crippen LogP contribution is 2.53. The Labute approximate surface area is 240 Å². The highest BCUT2D eigenvalue weighted by Gasteiger charge is 2.64. The van der Waals surface area contributed by atoms with Gasteiger partial charge in [-0.3, -0.25) is 33.2 Å². The molecule has 3 unspecified atom stereocenters. The number of hydrogen-bond acceptors (Lipinski definition) is 12. The Morgan fingerprint density at radius 1 is 1.10 bits per heavy atom. The first-order valence-electron chi connectivity index (χ1n) is 12.4. The Hall–Kier alpha value is -3.87. The molecule has 4 atom stereocenters. The van der Waals surface area contributed by atoms with E-state index < -0.39 is 80.1 Å². The molecule has 1 fully saturated rings. The number of rotatable bonds is 5. The maximum Gasteiger partial charge on any atom is 0.394 e. The van der Waals surface area contributed by atoms with Crippen LogP contribution >= 0.6 is 0 Å². The van der Waals surface area contributed by atoms with Gasteiger partial charge < -0.3 is 36.4 Å². The van der Waals surface area contributed by atoms with E-state index in [1.54, 1.807) is 25.1 Å². The third-order valence-electron chi connectivity index (χ3n) is 7.33. The summed E-state index contributed by atoms with van der Waals surface area (Å²) in [6.45, 7) is 0.0398. The van der Waals surface area contributed by atoms with Gasteiger partial charge in [0.05, 0.1) is 23.8 Å². The zero-order chi connectivity index (χ0) is 32.1. The number of nitrogens with one attached hydrogen (secondary N) is 1. The SMILES string of the molecule is CN(C)CC(=O)Nc1ccc2c(c1O)C(O)=C1C(=O)C3(O)C(O)=C(C(N)=O)C(=O)[C@@H](N(C)C)C3CC1C2.O=S(=O)(O)O. The molecule has 1 saturated carbocycles. The number of benzene rings is 1. The average Bonchev–Trinajstić information content (AvgIpc) is 2.81. The minimum absolute atomic E-state index is 0.00778. The fourth-order valence-electron chi connectivity index (χ4n) is 5.80. The summed E-state index contributed by atoms with van der Waals surface area (Å²) in [5, 5.41) is 47.1. The first-order chi connectivity index (χ1) is 19.2. The Kier molecular flexibility index (Phi) is 8.88.